The van der Waals surface area contributed by atoms with Crippen LogP contribution in [0.5, 0.6) is 0 Å². The normalized spacial score (nSPS) is 14.5. The summed E-state index contributed by atoms with van der Waals surface area (Å²) in [5.41, 5.74) is 2.16. The largest absolute Gasteiger partial charge is 0.502 e. The lowest BCUT2D eigenvalue weighted by atomic mass is 10.1. The van der Waals surface area contributed by atoms with E-state index in [1.807, 2.05) is 54.6 Å². The van der Waals surface area contributed by atoms with Crippen molar-refractivity contribution in [2.75, 3.05) is 0 Å². The number of rotatable bonds is 3. The van der Waals surface area contributed by atoms with Gasteiger partial charge in [-0.15, -0.1) is 0 Å². The highest BCUT2D eigenvalue weighted by Gasteiger charge is 2.30. The van der Waals surface area contributed by atoms with Gasteiger partial charge in [-0.05, 0) is 23.3 Å². The molecule has 2 aromatic rings. The smallest absolute Gasteiger partial charge is 0.294 e. The van der Waals surface area contributed by atoms with Crippen LogP contribution >= 0.6 is 11.8 Å². The van der Waals surface area contributed by atoms with Gasteiger partial charge in [0.2, 0.25) is 5.76 Å². The molecule has 2 aromatic carbocycles. The zero-order chi connectivity index (χ0) is 14.8. The molecule has 1 aliphatic rings. The van der Waals surface area contributed by atoms with E-state index in [0.717, 1.165) is 27.8 Å². The van der Waals surface area contributed by atoms with Crippen LogP contribution in [0.1, 0.15) is 0 Å². The van der Waals surface area contributed by atoms with Crippen molar-refractivity contribution >= 4 is 23.6 Å². The average Bonchev–Trinajstić information content (AvgIpc) is 2.75. The Labute approximate surface area is 125 Å². The van der Waals surface area contributed by atoms with E-state index >= 15 is 0 Å². The Morgan fingerprint density at radius 3 is 2.00 bits per heavy atom. The maximum Gasteiger partial charge on any atom is 0.294 e. The van der Waals surface area contributed by atoms with Crippen molar-refractivity contribution in [1.29, 1.82) is 0 Å². The number of imide groups is 1. The molecule has 5 heteroatoms. The van der Waals surface area contributed by atoms with E-state index in [4.69, 9.17) is 0 Å². The molecular formula is C16H11NO3S. The van der Waals surface area contributed by atoms with Gasteiger partial charge in [-0.1, -0.05) is 54.2 Å². The molecule has 0 unspecified atom stereocenters. The number of benzene rings is 2. The van der Waals surface area contributed by atoms with Crippen molar-refractivity contribution < 1.29 is 14.7 Å². The fourth-order valence-corrected chi connectivity index (χ4v) is 2.83. The molecule has 4 nitrogen and oxygen atoms in total. The summed E-state index contributed by atoms with van der Waals surface area (Å²) >= 11 is 1.07. The molecule has 104 valence electrons. The van der Waals surface area contributed by atoms with E-state index < -0.39 is 17.6 Å². The van der Waals surface area contributed by atoms with Crippen LogP contribution in [0.2, 0.25) is 0 Å². The summed E-state index contributed by atoms with van der Waals surface area (Å²) in [6, 6.07) is 17.5. The number of hydrogen-bond donors (Lipinski definition) is 2. The number of thioether (sulfide) groups is 1. The van der Waals surface area contributed by atoms with E-state index in [1.54, 1.807) is 0 Å². The third kappa shape index (κ3) is 2.68. The van der Waals surface area contributed by atoms with Crippen LogP contribution in [-0.2, 0) is 9.59 Å². The second-order valence-electron chi connectivity index (χ2n) is 4.45. The molecule has 0 atom stereocenters. The maximum absolute atomic E-state index is 11.5. The summed E-state index contributed by atoms with van der Waals surface area (Å²) < 4.78 is 0. The topological polar surface area (TPSA) is 66.4 Å². The number of carbonyl (C=O) groups excluding carboxylic acids is 2. The summed E-state index contributed by atoms with van der Waals surface area (Å²) in [6.45, 7) is 0. The van der Waals surface area contributed by atoms with Gasteiger partial charge in [0.1, 0.15) is 4.91 Å². The maximum atomic E-state index is 11.5. The van der Waals surface area contributed by atoms with E-state index in [2.05, 4.69) is 5.32 Å². The summed E-state index contributed by atoms with van der Waals surface area (Å²) in [4.78, 5) is 23.5. The number of carbonyl (C=O) groups is 2. The molecule has 2 N–H and O–H groups in total. The second kappa shape index (κ2) is 5.46. The highest BCUT2D eigenvalue weighted by molar-refractivity contribution is 8.04. The first-order valence-corrected chi connectivity index (χ1v) is 7.09. The van der Waals surface area contributed by atoms with Gasteiger partial charge in [0, 0.05) is 4.90 Å². The van der Waals surface area contributed by atoms with Gasteiger partial charge < -0.3 is 5.11 Å². The van der Waals surface area contributed by atoms with Gasteiger partial charge in [-0.3, -0.25) is 14.9 Å². The standard InChI is InChI=1S/C16H11NO3S/c18-13-14(16(20)17-15(13)19)21-12-8-6-11(7-9-12)10-4-2-1-3-5-10/h1-9H,(H2,17,18,19,20). The number of aliphatic hydroxyl groups excluding tert-OH is 1. The Hall–Kier alpha value is -2.53. The molecule has 0 aromatic heterocycles. The summed E-state index contributed by atoms with van der Waals surface area (Å²) in [5, 5.41) is 11.6. The predicted molar refractivity (Wildman–Crippen MR) is 80.5 cm³/mol. The molecule has 0 spiro atoms. The van der Waals surface area contributed by atoms with Crippen LogP contribution in [0.4, 0.5) is 0 Å². The van der Waals surface area contributed by atoms with Crippen molar-refractivity contribution in [2.45, 2.75) is 4.90 Å². The monoisotopic (exact) mass is 297 g/mol. The van der Waals surface area contributed by atoms with Crippen LogP contribution in [-0.4, -0.2) is 16.9 Å². The minimum atomic E-state index is -0.747. The Bertz CT molecular complexity index is 736. The minimum Gasteiger partial charge on any atom is -0.502 e. The molecule has 0 saturated heterocycles. The van der Waals surface area contributed by atoms with Gasteiger partial charge in [-0.25, -0.2) is 0 Å². The predicted octanol–water partition coefficient (Wildman–Crippen LogP) is 2.87. The van der Waals surface area contributed by atoms with Crippen molar-refractivity contribution in [2.24, 2.45) is 0 Å². The van der Waals surface area contributed by atoms with Crippen LogP contribution in [0.15, 0.2) is 70.2 Å². The number of nitrogens with one attached hydrogen (secondary N) is 1. The SMILES string of the molecule is O=C1NC(=O)C(Sc2ccc(-c3ccccc3)cc2)=C1O. The fourth-order valence-electron chi connectivity index (χ4n) is 1.99. The first kappa shape index (κ1) is 13.5. The lowest BCUT2D eigenvalue weighted by Crippen LogP contribution is -2.22. The van der Waals surface area contributed by atoms with Gasteiger partial charge in [0.05, 0.1) is 0 Å². The third-order valence-electron chi connectivity index (χ3n) is 3.04. The molecule has 0 saturated carbocycles. The summed E-state index contributed by atoms with van der Waals surface area (Å²) in [7, 11) is 0. The molecule has 1 heterocycles. The Morgan fingerprint density at radius 2 is 1.43 bits per heavy atom. The second-order valence-corrected chi connectivity index (χ2v) is 5.54. The average molecular weight is 297 g/mol. The van der Waals surface area contributed by atoms with E-state index in [1.165, 1.54) is 0 Å². The molecule has 0 bridgehead atoms. The number of amides is 2. The number of hydrogen-bond acceptors (Lipinski definition) is 4. The molecule has 0 fully saturated rings. The van der Waals surface area contributed by atoms with E-state index in [9.17, 15) is 14.7 Å². The Kier molecular flexibility index (Phi) is 3.50. The summed E-state index contributed by atoms with van der Waals surface area (Å²) in [6.07, 6.45) is 0. The molecule has 3 rings (SSSR count). The van der Waals surface area contributed by atoms with Crippen LogP contribution in [0, 0.1) is 0 Å². The lowest BCUT2D eigenvalue weighted by Gasteiger charge is -2.04. The third-order valence-corrected chi connectivity index (χ3v) is 4.14. The van der Waals surface area contributed by atoms with Crippen LogP contribution < -0.4 is 5.32 Å². The highest BCUT2D eigenvalue weighted by Crippen LogP contribution is 2.32. The zero-order valence-corrected chi connectivity index (χ0v) is 11.7. The minimum absolute atomic E-state index is 0.0347. The van der Waals surface area contributed by atoms with Gasteiger partial charge in [0.25, 0.3) is 11.8 Å². The first-order chi connectivity index (χ1) is 10.1. The van der Waals surface area contributed by atoms with Crippen LogP contribution in [0.25, 0.3) is 11.1 Å². The Morgan fingerprint density at radius 1 is 0.810 bits per heavy atom. The summed E-state index contributed by atoms with van der Waals surface area (Å²) in [5.74, 6) is -1.82. The van der Waals surface area contributed by atoms with Gasteiger partial charge in [0.15, 0.2) is 0 Å². The van der Waals surface area contributed by atoms with Gasteiger partial charge >= 0.3 is 0 Å². The number of aliphatic hydroxyl groups is 1. The lowest BCUT2D eigenvalue weighted by molar-refractivity contribution is -0.124. The van der Waals surface area contributed by atoms with Crippen molar-refractivity contribution in [3.05, 3.63) is 65.3 Å². The molecule has 0 aliphatic carbocycles. The highest BCUT2D eigenvalue weighted by atomic mass is 32.2. The Balaban J connectivity index is 1.83. The molecule has 0 radical (unpaired) electrons. The molecule has 2 amide bonds. The molecular weight excluding hydrogens is 286 g/mol. The van der Waals surface area contributed by atoms with E-state index in [-0.39, 0.29) is 4.91 Å². The molecule has 21 heavy (non-hydrogen) atoms. The quantitative estimate of drug-likeness (QED) is 0.855. The van der Waals surface area contributed by atoms with Crippen molar-refractivity contribution in [3.63, 3.8) is 0 Å². The first-order valence-electron chi connectivity index (χ1n) is 6.27. The molecule has 1 aliphatic heterocycles. The van der Waals surface area contributed by atoms with Crippen molar-refractivity contribution in [1.82, 2.24) is 5.32 Å². The van der Waals surface area contributed by atoms with E-state index in [0.29, 0.717) is 0 Å². The van der Waals surface area contributed by atoms with Crippen LogP contribution in [0.3, 0.4) is 0 Å². The van der Waals surface area contributed by atoms with Crippen molar-refractivity contribution in [3.8, 4) is 11.1 Å². The zero-order valence-electron chi connectivity index (χ0n) is 10.9. The fraction of sp³-hybridized carbons (Fsp3) is 0. The van der Waals surface area contributed by atoms with Gasteiger partial charge in [-0.2, -0.15) is 0 Å².